The molecule has 2 N–H and O–H groups in total. The maximum absolute atomic E-state index is 11.1. The Bertz CT molecular complexity index is 805. The molecule has 0 atom stereocenters. The van der Waals surface area contributed by atoms with Crippen molar-refractivity contribution in [1.82, 2.24) is 9.88 Å². The fourth-order valence-corrected chi connectivity index (χ4v) is 4.43. The van der Waals surface area contributed by atoms with Crippen molar-refractivity contribution in [3.8, 4) is 0 Å². The number of aromatic nitrogens is 1. The first-order valence-corrected chi connectivity index (χ1v) is 9.32. The zero-order valence-corrected chi connectivity index (χ0v) is 14.4. The Morgan fingerprint density at radius 1 is 1.08 bits per heavy atom. The predicted molar refractivity (Wildman–Crippen MR) is 99.4 cm³/mol. The highest BCUT2D eigenvalue weighted by molar-refractivity contribution is 7.20. The number of pyridine rings is 1. The highest BCUT2D eigenvalue weighted by Crippen LogP contribution is 2.27. The Balaban J connectivity index is 0.000000152. The lowest BCUT2D eigenvalue weighted by Crippen LogP contribution is -2.41. The van der Waals surface area contributed by atoms with Gasteiger partial charge >= 0.3 is 0 Å². The number of thiophene rings is 1. The number of hydrogen-bond acceptors (Lipinski definition) is 4. The molecule has 0 saturated carbocycles. The minimum atomic E-state index is -0.396. The summed E-state index contributed by atoms with van der Waals surface area (Å²) in [5.41, 5.74) is 6.18. The second kappa shape index (κ2) is 6.49. The molecule has 0 spiro atoms. The molecule has 5 heterocycles. The molecular weight excluding hydrogens is 318 g/mol. The number of nitrogens with zero attached hydrogens (tertiary/aromatic N) is 2. The van der Waals surface area contributed by atoms with E-state index >= 15 is 0 Å². The topological polar surface area (TPSA) is 59.2 Å². The molecule has 24 heavy (non-hydrogen) atoms. The summed E-state index contributed by atoms with van der Waals surface area (Å²) in [5, 5.41) is 2.04. The van der Waals surface area contributed by atoms with Gasteiger partial charge in [0.1, 0.15) is 4.83 Å². The maximum Gasteiger partial charge on any atom is 0.258 e. The van der Waals surface area contributed by atoms with Crippen molar-refractivity contribution in [2.45, 2.75) is 19.3 Å². The third kappa shape index (κ3) is 3.14. The van der Waals surface area contributed by atoms with E-state index in [9.17, 15) is 4.79 Å². The van der Waals surface area contributed by atoms with Gasteiger partial charge in [0.2, 0.25) is 0 Å². The van der Waals surface area contributed by atoms with Gasteiger partial charge in [-0.2, -0.15) is 0 Å². The number of hydrogen-bond donors (Lipinski definition) is 1. The Morgan fingerprint density at radius 2 is 1.79 bits per heavy atom. The van der Waals surface area contributed by atoms with E-state index in [4.69, 9.17) is 5.73 Å². The van der Waals surface area contributed by atoms with Gasteiger partial charge in [0, 0.05) is 10.8 Å². The number of benzene rings is 1. The average Bonchev–Trinajstić information content (AvgIpc) is 3.05. The van der Waals surface area contributed by atoms with E-state index in [2.05, 4.69) is 9.88 Å². The summed E-state index contributed by atoms with van der Waals surface area (Å²) in [6.07, 6.45) is 4.46. The number of nitrogens with two attached hydrogens (primary N) is 1. The molecule has 2 bridgehead atoms. The van der Waals surface area contributed by atoms with Crippen LogP contribution in [0.3, 0.4) is 0 Å². The second-order valence-electron chi connectivity index (χ2n) is 6.62. The van der Waals surface area contributed by atoms with Gasteiger partial charge in [-0.25, -0.2) is 4.98 Å². The number of carbonyl (C=O) groups is 1. The molecule has 124 valence electrons. The summed E-state index contributed by atoms with van der Waals surface area (Å²) < 4.78 is 0. The smallest absolute Gasteiger partial charge is 0.258 e. The maximum atomic E-state index is 11.1. The number of primary amides is 1. The van der Waals surface area contributed by atoms with E-state index in [1.54, 1.807) is 6.07 Å². The van der Waals surface area contributed by atoms with E-state index in [-0.39, 0.29) is 0 Å². The van der Waals surface area contributed by atoms with Crippen molar-refractivity contribution in [3.63, 3.8) is 0 Å². The zero-order valence-electron chi connectivity index (χ0n) is 13.6. The number of fused-ring (bicyclic) bond motifs is 5. The van der Waals surface area contributed by atoms with Crippen molar-refractivity contribution in [1.29, 1.82) is 0 Å². The molecule has 0 radical (unpaired) electrons. The fourth-order valence-electron chi connectivity index (χ4n) is 3.56. The number of piperidine rings is 3. The third-order valence-electron chi connectivity index (χ3n) is 5.01. The predicted octanol–water partition coefficient (Wildman–Crippen LogP) is 3.65. The van der Waals surface area contributed by atoms with Crippen LogP contribution in [0.4, 0.5) is 0 Å². The van der Waals surface area contributed by atoms with Crippen LogP contribution in [0, 0.1) is 5.92 Å². The van der Waals surface area contributed by atoms with Crippen molar-refractivity contribution in [2.75, 3.05) is 19.6 Å². The highest BCUT2D eigenvalue weighted by atomic mass is 32.1. The molecule has 1 aromatic carbocycles. The highest BCUT2D eigenvalue weighted by Gasteiger charge is 2.24. The van der Waals surface area contributed by atoms with Gasteiger partial charge in [-0.15, -0.1) is 11.3 Å². The van der Waals surface area contributed by atoms with E-state index < -0.39 is 5.91 Å². The van der Waals surface area contributed by atoms with Crippen molar-refractivity contribution >= 4 is 38.4 Å². The molecule has 3 fully saturated rings. The fraction of sp³-hybridized carbons (Fsp3) is 0.368. The molecule has 0 aliphatic carbocycles. The van der Waals surface area contributed by atoms with Crippen LogP contribution < -0.4 is 5.73 Å². The molecule has 5 heteroatoms. The zero-order chi connectivity index (χ0) is 16.5. The first kappa shape index (κ1) is 15.5. The van der Waals surface area contributed by atoms with Crippen LogP contribution in [0.5, 0.6) is 0 Å². The normalized spacial score (nSPS) is 22.3. The molecular formula is C19H21N3OS. The molecule has 2 aromatic heterocycles. The summed E-state index contributed by atoms with van der Waals surface area (Å²) in [6.45, 7) is 4.18. The first-order valence-electron chi connectivity index (χ1n) is 8.50. The van der Waals surface area contributed by atoms with Crippen LogP contribution >= 0.6 is 11.3 Å². The van der Waals surface area contributed by atoms with Gasteiger partial charge in [0.25, 0.3) is 5.91 Å². The summed E-state index contributed by atoms with van der Waals surface area (Å²) in [6, 6.07) is 11.7. The van der Waals surface area contributed by atoms with Gasteiger partial charge in [0.05, 0.1) is 10.4 Å². The van der Waals surface area contributed by atoms with Crippen LogP contribution in [0.2, 0.25) is 0 Å². The van der Waals surface area contributed by atoms with Crippen LogP contribution in [-0.4, -0.2) is 35.4 Å². The van der Waals surface area contributed by atoms with Crippen LogP contribution in [0.1, 0.15) is 28.9 Å². The Hall–Kier alpha value is -1.98. The van der Waals surface area contributed by atoms with Crippen molar-refractivity contribution < 1.29 is 4.79 Å². The Morgan fingerprint density at radius 3 is 2.38 bits per heavy atom. The summed E-state index contributed by atoms with van der Waals surface area (Å²) in [7, 11) is 0. The number of carbonyl (C=O) groups excluding carboxylic acids is 1. The van der Waals surface area contributed by atoms with Crippen molar-refractivity contribution in [3.05, 3.63) is 41.3 Å². The van der Waals surface area contributed by atoms with Gasteiger partial charge in [-0.1, -0.05) is 18.2 Å². The number of amides is 1. The molecule has 0 unspecified atom stereocenters. The Labute approximate surface area is 145 Å². The average molecular weight is 339 g/mol. The van der Waals surface area contributed by atoms with Crippen molar-refractivity contribution in [2.24, 2.45) is 11.7 Å². The molecule has 6 rings (SSSR count). The number of para-hydroxylation sites is 1. The molecule has 3 saturated heterocycles. The molecule has 3 aliphatic heterocycles. The lowest BCUT2D eigenvalue weighted by atomic mass is 9.89. The largest absolute Gasteiger partial charge is 0.365 e. The molecule has 4 nitrogen and oxygen atoms in total. The van der Waals surface area contributed by atoms with Crippen LogP contribution in [-0.2, 0) is 0 Å². The lowest BCUT2D eigenvalue weighted by molar-refractivity contribution is 0.100. The lowest BCUT2D eigenvalue weighted by Gasteiger charge is -2.38. The standard InChI is InChI=1S/C12H8N2OS.C7H13N/c13-11(15)10-6-8-5-7-3-1-2-4-9(7)14-12(8)16-10;1-4-8-5-2-7(1)3-6-8/h1-6H,(H2,13,15);7H,1-6H2. The van der Waals surface area contributed by atoms with Gasteiger partial charge in [-0.05, 0) is 63.0 Å². The van der Waals surface area contributed by atoms with E-state index in [1.165, 1.54) is 50.2 Å². The van der Waals surface area contributed by atoms with E-state index in [0.29, 0.717) is 4.88 Å². The van der Waals surface area contributed by atoms with E-state index in [1.807, 2.05) is 30.3 Å². The van der Waals surface area contributed by atoms with Crippen LogP contribution in [0.15, 0.2) is 36.4 Å². The molecule has 3 aromatic rings. The van der Waals surface area contributed by atoms with Gasteiger partial charge in [0.15, 0.2) is 0 Å². The Kier molecular flexibility index (Phi) is 4.21. The first-order chi connectivity index (χ1) is 11.7. The monoisotopic (exact) mass is 339 g/mol. The summed E-state index contributed by atoms with van der Waals surface area (Å²) in [5.74, 6) is 0.715. The minimum absolute atomic E-state index is 0.396. The third-order valence-corrected chi connectivity index (χ3v) is 6.07. The quantitative estimate of drug-likeness (QED) is 0.736. The van der Waals surface area contributed by atoms with Gasteiger partial charge < -0.3 is 10.6 Å². The minimum Gasteiger partial charge on any atom is -0.365 e. The summed E-state index contributed by atoms with van der Waals surface area (Å²) >= 11 is 1.33. The SMILES string of the molecule is C1CN2CCC1CC2.NC(=O)c1cc2cc3ccccc3nc2s1. The summed E-state index contributed by atoms with van der Waals surface area (Å²) in [4.78, 5) is 19.6. The van der Waals surface area contributed by atoms with Gasteiger partial charge in [-0.3, -0.25) is 4.79 Å². The number of rotatable bonds is 1. The second-order valence-corrected chi connectivity index (χ2v) is 7.65. The molecule has 1 amide bonds. The van der Waals surface area contributed by atoms with Crippen LogP contribution in [0.25, 0.3) is 21.1 Å². The van der Waals surface area contributed by atoms with E-state index in [0.717, 1.165) is 27.0 Å². The molecule has 3 aliphatic rings.